The van der Waals surface area contributed by atoms with Crippen molar-refractivity contribution in [2.75, 3.05) is 11.9 Å². The molecule has 8 nitrogen and oxygen atoms in total. The van der Waals surface area contributed by atoms with Crippen LogP contribution in [0, 0.1) is 6.92 Å². The minimum Gasteiger partial charge on any atom is -0.445 e. The van der Waals surface area contributed by atoms with Gasteiger partial charge in [-0.3, -0.25) is 0 Å². The lowest BCUT2D eigenvalue weighted by Crippen LogP contribution is -2.57. The van der Waals surface area contributed by atoms with E-state index in [4.69, 9.17) is 9.15 Å². The Morgan fingerprint density at radius 3 is 2.96 bits per heavy atom. The third-order valence-corrected chi connectivity index (χ3v) is 5.08. The van der Waals surface area contributed by atoms with E-state index in [1.807, 2.05) is 19.1 Å². The summed E-state index contributed by atoms with van der Waals surface area (Å²) < 4.78 is 10.8. The van der Waals surface area contributed by atoms with Crippen molar-refractivity contribution in [2.45, 2.75) is 43.6 Å². The number of aryl methyl sites for hydroxylation is 1. The standard InChI is InChI=1S/C18H21N3O5/c1-10-2-3-11(16-19-4-5-25-16)6-12(10)20-17(24)21-18-7-13(22)15(23)14(8-18)26-9-18/h2-6,13-15,22-23H,7-9H2,1H3,(H2,20,21,24)/t13-,14?,15-,18?/m1/s1. The van der Waals surface area contributed by atoms with Gasteiger partial charge in [0.05, 0.1) is 30.6 Å². The molecule has 2 aliphatic rings. The van der Waals surface area contributed by atoms with E-state index in [-0.39, 0.29) is 19.1 Å². The number of fused-ring (bicyclic) bond motifs is 2. The third kappa shape index (κ3) is 3.07. The summed E-state index contributed by atoms with van der Waals surface area (Å²) >= 11 is 0. The van der Waals surface area contributed by atoms with Crippen LogP contribution in [0.15, 0.2) is 35.1 Å². The summed E-state index contributed by atoms with van der Waals surface area (Å²) in [6.45, 7) is 2.16. The summed E-state index contributed by atoms with van der Waals surface area (Å²) in [7, 11) is 0. The Balaban J connectivity index is 1.48. The highest BCUT2D eigenvalue weighted by atomic mass is 16.5. The minimum absolute atomic E-state index is 0.257. The average molecular weight is 359 g/mol. The van der Waals surface area contributed by atoms with Gasteiger partial charge in [-0.1, -0.05) is 6.07 Å². The molecule has 1 saturated heterocycles. The van der Waals surface area contributed by atoms with Gasteiger partial charge >= 0.3 is 6.03 Å². The number of nitrogens with one attached hydrogen (secondary N) is 2. The van der Waals surface area contributed by atoms with Crippen LogP contribution < -0.4 is 10.6 Å². The number of benzene rings is 1. The summed E-state index contributed by atoms with van der Waals surface area (Å²) in [5, 5.41) is 25.6. The van der Waals surface area contributed by atoms with Crippen LogP contribution in [0.1, 0.15) is 18.4 Å². The van der Waals surface area contributed by atoms with Crippen LogP contribution in [0.3, 0.4) is 0 Å². The molecule has 0 spiro atoms. The third-order valence-electron chi connectivity index (χ3n) is 5.08. The van der Waals surface area contributed by atoms with Crippen LogP contribution in [0.5, 0.6) is 0 Å². The molecule has 1 aliphatic heterocycles. The van der Waals surface area contributed by atoms with Crippen LogP contribution in [0.25, 0.3) is 11.5 Å². The number of aliphatic hydroxyl groups excluding tert-OH is 2. The van der Waals surface area contributed by atoms with Gasteiger partial charge in [0.1, 0.15) is 12.4 Å². The number of ether oxygens (including phenoxy) is 1. The zero-order chi connectivity index (χ0) is 18.3. The minimum atomic E-state index is -0.911. The van der Waals surface area contributed by atoms with E-state index in [1.54, 1.807) is 12.3 Å². The van der Waals surface area contributed by atoms with Gasteiger partial charge in [0, 0.05) is 24.1 Å². The number of oxazole rings is 1. The molecule has 2 heterocycles. The van der Waals surface area contributed by atoms with Crippen LogP contribution in [0.4, 0.5) is 10.5 Å². The number of carbonyl (C=O) groups excluding carboxylic acids is 1. The van der Waals surface area contributed by atoms with Crippen LogP contribution in [-0.2, 0) is 4.74 Å². The maximum atomic E-state index is 12.5. The van der Waals surface area contributed by atoms with E-state index >= 15 is 0 Å². The molecule has 1 aliphatic carbocycles. The molecule has 2 amide bonds. The van der Waals surface area contributed by atoms with Crippen molar-refractivity contribution < 1.29 is 24.2 Å². The molecule has 2 fully saturated rings. The fourth-order valence-electron chi connectivity index (χ4n) is 3.69. The molecule has 26 heavy (non-hydrogen) atoms. The highest BCUT2D eigenvalue weighted by Gasteiger charge is 2.52. The molecule has 2 bridgehead atoms. The maximum Gasteiger partial charge on any atom is 0.319 e. The highest BCUT2D eigenvalue weighted by Crippen LogP contribution is 2.37. The Kier molecular flexibility index (Phi) is 4.18. The summed E-state index contributed by atoms with van der Waals surface area (Å²) in [6.07, 6.45) is 1.53. The number of hydrogen-bond donors (Lipinski definition) is 4. The van der Waals surface area contributed by atoms with Crippen molar-refractivity contribution in [1.29, 1.82) is 0 Å². The van der Waals surface area contributed by atoms with Gasteiger partial charge in [-0.25, -0.2) is 9.78 Å². The number of anilines is 1. The summed E-state index contributed by atoms with van der Waals surface area (Å²) in [6, 6.07) is 5.16. The Bertz CT molecular complexity index is 809. The van der Waals surface area contributed by atoms with Crippen molar-refractivity contribution >= 4 is 11.7 Å². The van der Waals surface area contributed by atoms with E-state index in [0.717, 1.165) is 11.1 Å². The van der Waals surface area contributed by atoms with Crippen molar-refractivity contribution in [2.24, 2.45) is 0 Å². The number of rotatable bonds is 3. The van der Waals surface area contributed by atoms with Crippen molar-refractivity contribution in [3.8, 4) is 11.5 Å². The molecule has 2 unspecified atom stereocenters. The quantitative estimate of drug-likeness (QED) is 0.659. The SMILES string of the molecule is Cc1ccc(-c2ncco2)cc1NC(=O)NC12COC(C1)[C@H](O)[C@H](O)C2. The lowest BCUT2D eigenvalue weighted by molar-refractivity contribution is -0.0730. The molecule has 1 aromatic carbocycles. The van der Waals surface area contributed by atoms with E-state index in [1.165, 1.54) is 6.26 Å². The lowest BCUT2D eigenvalue weighted by Gasteiger charge is -2.37. The number of aliphatic hydroxyl groups is 2. The normalized spacial score (nSPS) is 30.2. The molecular weight excluding hydrogens is 338 g/mol. The Labute approximate surface area is 150 Å². The van der Waals surface area contributed by atoms with E-state index in [9.17, 15) is 15.0 Å². The highest BCUT2D eigenvalue weighted by molar-refractivity contribution is 5.91. The van der Waals surface area contributed by atoms with Crippen molar-refractivity contribution in [1.82, 2.24) is 10.3 Å². The maximum absolute atomic E-state index is 12.5. The number of amides is 2. The van der Waals surface area contributed by atoms with Crippen molar-refractivity contribution in [3.63, 3.8) is 0 Å². The molecular formula is C18H21N3O5. The lowest BCUT2D eigenvalue weighted by atomic mass is 9.80. The van der Waals surface area contributed by atoms with Gasteiger partial charge in [0.2, 0.25) is 5.89 Å². The van der Waals surface area contributed by atoms with Gasteiger partial charge in [0.25, 0.3) is 0 Å². The molecule has 1 saturated carbocycles. The number of aromatic nitrogens is 1. The molecule has 4 atom stereocenters. The van der Waals surface area contributed by atoms with Gasteiger partial charge in [0.15, 0.2) is 0 Å². The number of hydrogen-bond acceptors (Lipinski definition) is 6. The monoisotopic (exact) mass is 359 g/mol. The second-order valence-electron chi connectivity index (χ2n) is 7.04. The van der Waals surface area contributed by atoms with Gasteiger partial charge in [-0.15, -0.1) is 0 Å². The predicted octanol–water partition coefficient (Wildman–Crippen LogP) is 1.42. The first-order valence-corrected chi connectivity index (χ1v) is 8.53. The zero-order valence-electron chi connectivity index (χ0n) is 14.3. The Hall–Kier alpha value is -2.42. The first-order valence-electron chi connectivity index (χ1n) is 8.53. The van der Waals surface area contributed by atoms with Gasteiger partial charge in [-0.05, 0) is 24.6 Å². The smallest absolute Gasteiger partial charge is 0.319 e. The van der Waals surface area contributed by atoms with E-state index < -0.39 is 23.9 Å². The topological polar surface area (TPSA) is 117 Å². The molecule has 2 aromatic rings. The fourth-order valence-corrected chi connectivity index (χ4v) is 3.69. The molecule has 138 valence electrons. The van der Waals surface area contributed by atoms with E-state index in [2.05, 4.69) is 15.6 Å². The molecule has 4 rings (SSSR count). The van der Waals surface area contributed by atoms with Crippen LogP contribution in [0.2, 0.25) is 0 Å². The second-order valence-corrected chi connectivity index (χ2v) is 7.04. The summed E-state index contributed by atoms with van der Waals surface area (Å²) in [5.74, 6) is 0.475. The Morgan fingerprint density at radius 1 is 1.35 bits per heavy atom. The average Bonchev–Trinajstić information content (AvgIpc) is 3.24. The summed E-state index contributed by atoms with van der Waals surface area (Å²) in [4.78, 5) is 16.7. The fraction of sp³-hybridized carbons (Fsp3) is 0.444. The number of nitrogens with zero attached hydrogens (tertiary/aromatic N) is 1. The van der Waals surface area contributed by atoms with E-state index in [0.29, 0.717) is 18.0 Å². The van der Waals surface area contributed by atoms with Gasteiger partial charge in [-0.2, -0.15) is 0 Å². The second kappa shape index (κ2) is 6.39. The Morgan fingerprint density at radius 2 is 2.19 bits per heavy atom. The molecule has 0 radical (unpaired) electrons. The van der Waals surface area contributed by atoms with Crippen LogP contribution >= 0.6 is 0 Å². The first-order chi connectivity index (χ1) is 12.5. The first kappa shape index (κ1) is 17.0. The summed E-state index contributed by atoms with van der Waals surface area (Å²) in [5.41, 5.74) is 1.63. The van der Waals surface area contributed by atoms with Crippen LogP contribution in [-0.4, -0.2) is 51.7 Å². The molecule has 4 N–H and O–H groups in total. The molecule has 8 heteroatoms. The number of carbonyl (C=O) groups is 1. The largest absolute Gasteiger partial charge is 0.445 e. The van der Waals surface area contributed by atoms with Crippen molar-refractivity contribution in [3.05, 3.63) is 36.2 Å². The predicted molar refractivity (Wildman–Crippen MR) is 92.5 cm³/mol. The zero-order valence-corrected chi connectivity index (χ0v) is 14.3. The molecule has 1 aromatic heterocycles. The van der Waals surface area contributed by atoms with Gasteiger partial charge < -0.3 is 30.0 Å². The number of urea groups is 1.